The first-order valence-corrected chi connectivity index (χ1v) is 8.12. The third-order valence-corrected chi connectivity index (χ3v) is 4.99. The number of nitrogens with one attached hydrogen (secondary N) is 1. The fraction of sp³-hybridized carbons (Fsp3) is 0.200. The highest BCUT2D eigenvalue weighted by Crippen LogP contribution is 2.23. The molecule has 0 saturated carbocycles. The van der Waals surface area contributed by atoms with Crippen molar-refractivity contribution in [2.24, 2.45) is 0 Å². The highest BCUT2D eigenvalue weighted by molar-refractivity contribution is 7.89. The summed E-state index contributed by atoms with van der Waals surface area (Å²) in [6.07, 6.45) is 0. The lowest BCUT2D eigenvalue weighted by Gasteiger charge is -2.15. The van der Waals surface area contributed by atoms with Gasteiger partial charge in [-0.3, -0.25) is 10.1 Å². The summed E-state index contributed by atoms with van der Waals surface area (Å²) in [7, 11) is -3.85. The molecule has 0 spiro atoms. The molecule has 2 rings (SSSR count). The van der Waals surface area contributed by atoms with E-state index in [0.717, 1.165) is 11.6 Å². The van der Waals surface area contributed by atoms with Crippen LogP contribution in [0.3, 0.4) is 0 Å². The van der Waals surface area contributed by atoms with E-state index in [2.05, 4.69) is 4.72 Å². The van der Waals surface area contributed by atoms with Crippen molar-refractivity contribution in [3.8, 4) is 0 Å². The van der Waals surface area contributed by atoms with Crippen LogP contribution in [0.15, 0.2) is 53.4 Å². The molecule has 0 bridgehead atoms. The fourth-order valence-corrected chi connectivity index (χ4v) is 3.59. The maximum absolute atomic E-state index is 12.5. The van der Waals surface area contributed by atoms with E-state index in [9.17, 15) is 18.5 Å². The zero-order chi connectivity index (χ0) is 16.3. The van der Waals surface area contributed by atoms with Gasteiger partial charge in [0.1, 0.15) is 0 Å². The van der Waals surface area contributed by atoms with Crippen molar-refractivity contribution in [2.75, 3.05) is 0 Å². The minimum absolute atomic E-state index is 0.0792. The number of hydrogen-bond acceptors (Lipinski definition) is 4. The molecule has 22 heavy (non-hydrogen) atoms. The molecule has 0 aliphatic rings. The second-order valence-electron chi connectivity index (χ2n) is 4.96. The summed E-state index contributed by atoms with van der Waals surface area (Å²) >= 11 is 0. The molecule has 0 heterocycles. The fourth-order valence-electron chi connectivity index (χ4n) is 2.10. The standard InChI is InChI=1S/C15H16N2O4S/c1-11-8-9-14(17(18)19)10-15(11)22(20,21)16-12(2)13-6-4-3-5-7-13/h3-10,12,16H,1-2H3. The van der Waals surface area contributed by atoms with E-state index in [1.807, 2.05) is 30.3 Å². The van der Waals surface area contributed by atoms with Gasteiger partial charge in [0.25, 0.3) is 5.69 Å². The lowest BCUT2D eigenvalue weighted by Crippen LogP contribution is -2.27. The van der Waals surface area contributed by atoms with Crippen LogP contribution in [0.1, 0.15) is 24.1 Å². The summed E-state index contributed by atoms with van der Waals surface area (Å²) < 4.78 is 27.5. The zero-order valence-electron chi connectivity index (χ0n) is 12.2. The van der Waals surface area contributed by atoms with Crippen LogP contribution >= 0.6 is 0 Å². The van der Waals surface area contributed by atoms with Gasteiger partial charge in [-0.15, -0.1) is 0 Å². The number of rotatable bonds is 5. The molecule has 0 aliphatic carbocycles. The topological polar surface area (TPSA) is 89.3 Å². The van der Waals surface area contributed by atoms with Crippen molar-refractivity contribution in [3.63, 3.8) is 0 Å². The Morgan fingerprint density at radius 3 is 2.36 bits per heavy atom. The van der Waals surface area contributed by atoms with Gasteiger partial charge in [0.05, 0.1) is 9.82 Å². The number of non-ortho nitro benzene ring substituents is 1. The van der Waals surface area contributed by atoms with Gasteiger partial charge in [-0.05, 0) is 25.0 Å². The first-order valence-electron chi connectivity index (χ1n) is 6.63. The van der Waals surface area contributed by atoms with E-state index in [1.165, 1.54) is 12.1 Å². The number of nitro benzene ring substituents is 1. The smallest absolute Gasteiger partial charge is 0.258 e. The maximum Gasteiger partial charge on any atom is 0.270 e. The third-order valence-electron chi connectivity index (χ3n) is 3.30. The number of aryl methyl sites for hydroxylation is 1. The molecule has 0 fully saturated rings. The molecule has 2 aromatic carbocycles. The van der Waals surface area contributed by atoms with Crippen molar-refractivity contribution in [1.29, 1.82) is 0 Å². The van der Waals surface area contributed by atoms with E-state index in [-0.39, 0.29) is 10.6 Å². The Kier molecular flexibility index (Phi) is 4.58. The molecule has 0 saturated heterocycles. The molecule has 0 aromatic heterocycles. The second kappa shape index (κ2) is 6.25. The number of sulfonamides is 1. The van der Waals surface area contributed by atoms with Gasteiger partial charge in [0.15, 0.2) is 0 Å². The van der Waals surface area contributed by atoms with E-state index >= 15 is 0 Å². The Hall–Kier alpha value is -2.25. The van der Waals surface area contributed by atoms with E-state index in [1.54, 1.807) is 13.8 Å². The van der Waals surface area contributed by atoms with Crippen molar-refractivity contribution in [2.45, 2.75) is 24.8 Å². The molecule has 1 N–H and O–H groups in total. The predicted octanol–water partition coefficient (Wildman–Crippen LogP) is 2.94. The van der Waals surface area contributed by atoms with Gasteiger partial charge in [0, 0.05) is 18.2 Å². The summed E-state index contributed by atoms with van der Waals surface area (Å²) in [6, 6.07) is 12.5. The molecule has 116 valence electrons. The van der Waals surface area contributed by atoms with E-state index in [0.29, 0.717) is 5.56 Å². The molecule has 0 aliphatic heterocycles. The second-order valence-corrected chi connectivity index (χ2v) is 6.64. The summed E-state index contributed by atoms with van der Waals surface area (Å²) in [5, 5.41) is 10.8. The van der Waals surface area contributed by atoms with Crippen LogP contribution in [0, 0.1) is 17.0 Å². The average molecular weight is 320 g/mol. The molecular weight excluding hydrogens is 304 g/mol. The van der Waals surface area contributed by atoms with Crippen LogP contribution in [0.25, 0.3) is 0 Å². The van der Waals surface area contributed by atoms with Crippen molar-refractivity contribution < 1.29 is 13.3 Å². The molecule has 0 radical (unpaired) electrons. The highest BCUT2D eigenvalue weighted by Gasteiger charge is 2.22. The summed E-state index contributed by atoms with van der Waals surface area (Å²) in [5.74, 6) is 0. The Balaban J connectivity index is 2.35. The van der Waals surface area contributed by atoms with E-state index in [4.69, 9.17) is 0 Å². The molecule has 0 amide bonds. The number of benzene rings is 2. The zero-order valence-corrected chi connectivity index (χ0v) is 13.0. The van der Waals surface area contributed by atoms with Crippen molar-refractivity contribution >= 4 is 15.7 Å². The SMILES string of the molecule is Cc1ccc([N+](=O)[O-])cc1S(=O)(=O)NC(C)c1ccccc1. The quantitative estimate of drug-likeness (QED) is 0.677. The van der Waals surface area contributed by atoms with Crippen LogP contribution in [-0.4, -0.2) is 13.3 Å². The summed E-state index contributed by atoms with van der Waals surface area (Å²) in [6.45, 7) is 3.32. The minimum Gasteiger partial charge on any atom is -0.258 e. The average Bonchev–Trinajstić information content (AvgIpc) is 2.47. The number of hydrogen-bond donors (Lipinski definition) is 1. The van der Waals surface area contributed by atoms with Crippen molar-refractivity contribution in [3.05, 3.63) is 69.8 Å². The Labute approximate surface area is 129 Å². The Morgan fingerprint density at radius 2 is 1.77 bits per heavy atom. The van der Waals surface area contributed by atoms with E-state index < -0.39 is 21.0 Å². The first-order chi connectivity index (χ1) is 10.3. The summed E-state index contributed by atoms with van der Waals surface area (Å²) in [5.41, 5.74) is 1.02. The maximum atomic E-state index is 12.5. The number of nitro groups is 1. The monoisotopic (exact) mass is 320 g/mol. The predicted molar refractivity (Wildman–Crippen MR) is 83.0 cm³/mol. The Morgan fingerprint density at radius 1 is 1.14 bits per heavy atom. The largest absolute Gasteiger partial charge is 0.270 e. The molecule has 1 unspecified atom stereocenters. The molecular formula is C15H16N2O4S. The van der Waals surface area contributed by atoms with Crippen molar-refractivity contribution in [1.82, 2.24) is 4.72 Å². The van der Waals surface area contributed by atoms with Gasteiger partial charge < -0.3 is 0 Å². The van der Waals surface area contributed by atoms with Gasteiger partial charge in [0.2, 0.25) is 10.0 Å². The van der Waals surface area contributed by atoms with Gasteiger partial charge in [-0.25, -0.2) is 13.1 Å². The lowest BCUT2D eigenvalue weighted by molar-refractivity contribution is -0.385. The van der Waals surface area contributed by atoms with Crippen LogP contribution < -0.4 is 4.72 Å². The van der Waals surface area contributed by atoms with Gasteiger partial charge in [-0.2, -0.15) is 0 Å². The highest BCUT2D eigenvalue weighted by atomic mass is 32.2. The van der Waals surface area contributed by atoms with Gasteiger partial charge >= 0.3 is 0 Å². The number of nitrogens with zero attached hydrogens (tertiary/aromatic N) is 1. The molecule has 7 heteroatoms. The molecule has 2 aromatic rings. The van der Waals surface area contributed by atoms with Crippen LogP contribution in [0.2, 0.25) is 0 Å². The Bertz CT molecular complexity index is 788. The van der Waals surface area contributed by atoms with Crippen LogP contribution in [-0.2, 0) is 10.0 Å². The third kappa shape index (κ3) is 3.49. The van der Waals surface area contributed by atoms with Crippen LogP contribution in [0.5, 0.6) is 0 Å². The molecule has 1 atom stereocenters. The molecule has 6 nitrogen and oxygen atoms in total. The summed E-state index contributed by atoms with van der Waals surface area (Å²) in [4.78, 5) is 10.1. The van der Waals surface area contributed by atoms with Crippen LogP contribution in [0.4, 0.5) is 5.69 Å². The minimum atomic E-state index is -3.85. The first kappa shape index (κ1) is 16.1. The van der Waals surface area contributed by atoms with Gasteiger partial charge in [-0.1, -0.05) is 36.4 Å². The normalized spacial score (nSPS) is 12.8. The lowest BCUT2D eigenvalue weighted by atomic mass is 10.1.